The van der Waals surface area contributed by atoms with Gasteiger partial charge in [-0.2, -0.15) is 4.31 Å². The SMILES string of the molecule is CS(=O)(=O)N1CC[C@H](N)[C@H](O)C1. The van der Waals surface area contributed by atoms with Crippen LogP contribution in [0.5, 0.6) is 0 Å². The molecule has 0 aromatic heterocycles. The summed E-state index contributed by atoms with van der Waals surface area (Å²) in [5.41, 5.74) is 5.51. The normalized spacial score (nSPS) is 33.6. The molecule has 0 spiro atoms. The van der Waals surface area contributed by atoms with Gasteiger partial charge in [0.05, 0.1) is 12.4 Å². The van der Waals surface area contributed by atoms with Gasteiger partial charge in [0.15, 0.2) is 0 Å². The molecule has 5 nitrogen and oxygen atoms in total. The highest BCUT2D eigenvalue weighted by molar-refractivity contribution is 7.88. The number of sulfonamides is 1. The van der Waals surface area contributed by atoms with E-state index >= 15 is 0 Å². The molecule has 0 amide bonds. The predicted molar refractivity (Wildman–Crippen MR) is 45.0 cm³/mol. The van der Waals surface area contributed by atoms with Crippen LogP contribution < -0.4 is 5.73 Å². The van der Waals surface area contributed by atoms with Gasteiger partial charge in [-0.15, -0.1) is 0 Å². The molecule has 0 aliphatic carbocycles. The Morgan fingerprint density at radius 3 is 2.58 bits per heavy atom. The summed E-state index contributed by atoms with van der Waals surface area (Å²) >= 11 is 0. The van der Waals surface area contributed by atoms with Crippen LogP contribution in [-0.2, 0) is 10.0 Å². The zero-order chi connectivity index (χ0) is 9.35. The Bertz CT molecular complexity index is 252. The molecule has 0 radical (unpaired) electrons. The van der Waals surface area contributed by atoms with Crippen LogP contribution in [-0.4, -0.2) is 49.3 Å². The molecule has 2 atom stereocenters. The number of hydrogen-bond donors (Lipinski definition) is 2. The first kappa shape index (κ1) is 9.91. The molecular formula is C6H14N2O3S. The van der Waals surface area contributed by atoms with Crippen molar-refractivity contribution in [3.05, 3.63) is 0 Å². The minimum atomic E-state index is -3.16. The number of aliphatic hydroxyl groups is 1. The van der Waals surface area contributed by atoms with E-state index < -0.39 is 16.1 Å². The standard InChI is InChI=1S/C6H14N2O3S/c1-12(10,11)8-3-2-5(7)6(9)4-8/h5-6,9H,2-4,7H2,1H3/t5-,6+/m0/s1. The average Bonchev–Trinajstić information content (AvgIpc) is 1.92. The second kappa shape index (κ2) is 3.29. The molecule has 1 heterocycles. The smallest absolute Gasteiger partial charge is 0.211 e. The van der Waals surface area contributed by atoms with Gasteiger partial charge in [0.1, 0.15) is 0 Å². The second-order valence-corrected chi connectivity index (χ2v) is 5.12. The molecule has 1 aliphatic heterocycles. The van der Waals surface area contributed by atoms with Crippen molar-refractivity contribution >= 4 is 10.0 Å². The van der Waals surface area contributed by atoms with Gasteiger partial charge in [0, 0.05) is 19.1 Å². The summed E-state index contributed by atoms with van der Waals surface area (Å²) in [5.74, 6) is 0. The third-order valence-electron chi connectivity index (χ3n) is 2.07. The van der Waals surface area contributed by atoms with Crippen molar-refractivity contribution in [1.82, 2.24) is 4.31 Å². The van der Waals surface area contributed by atoms with Gasteiger partial charge in [-0.1, -0.05) is 0 Å². The van der Waals surface area contributed by atoms with Crippen molar-refractivity contribution in [2.24, 2.45) is 5.73 Å². The predicted octanol–water partition coefficient (Wildman–Crippen LogP) is -1.66. The van der Waals surface area contributed by atoms with E-state index in [-0.39, 0.29) is 12.6 Å². The lowest BCUT2D eigenvalue weighted by Gasteiger charge is -2.32. The lowest BCUT2D eigenvalue weighted by Crippen LogP contribution is -2.51. The number of nitrogens with zero attached hydrogens (tertiary/aromatic N) is 1. The number of hydrogen-bond acceptors (Lipinski definition) is 4. The lowest BCUT2D eigenvalue weighted by molar-refractivity contribution is 0.0880. The third-order valence-corrected chi connectivity index (χ3v) is 3.34. The fraction of sp³-hybridized carbons (Fsp3) is 1.00. The Morgan fingerprint density at radius 1 is 1.58 bits per heavy atom. The molecule has 6 heteroatoms. The highest BCUT2D eigenvalue weighted by Crippen LogP contribution is 2.11. The van der Waals surface area contributed by atoms with E-state index in [9.17, 15) is 13.5 Å². The first-order chi connectivity index (χ1) is 5.41. The van der Waals surface area contributed by atoms with E-state index in [1.54, 1.807) is 0 Å². The van der Waals surface area contributed by atoms with Gasteiger partial charge in [-0.05, 0) is 6.42 Å². The van der Waals surface area contributed by atoms with Crippen molar-refractivity contribution in [2.75, 3.05) is 19.3 Å². The van der Waals surface area contributed by atoms with Crippen molar-refractivity contribution in [2.45, 2.75) is 18.6 Å². The van der Waals surface area contributed by atoms with Crippen LogP contribution in [0.3, 0.4) is 0 Å². The van der Waals surface area contributed by atoms with Crippen molar-refractivity contribution in [3.8, 4) is 0 Å². The Labute approximate surface area is 72.2 Å². The summed E-state index contributed by atoms with van der Waals surface area (Å²) in [6.07, 6.45) is 0.929. The maximum atomic E-state index is 11.0. The van der Waals surface area contributed by atoms with Crippen molar-refractivity contribution < 1.29 is 13.5 Å². The molecule has 3 N–H and O–H groups in total. The minimum absolute atomic E-state index is 0.125. The number of nitrogens with two attached hydrogens (primary N) is 1. The Morgan fingerprint density at radius 2 is 2.17 bits per heavy atom. The number of rotatable bonds is 1. The molecular weight excluding hydrogens is 180 g/mol. The van der Waals surface area contributed by atoms with Gasteiger partial charge >= 0.3 is 0 Å². The molecule has 1 aliphatic rings. The van der Waals surface area contributed by atoms with E-state index in [1.807, 2.05) is 0 Å². The first-order valence-electron chi connectivity index (χ1n) is 3.80. The van der Waals surface area contributed by atoms with E-state index in [1.165, 1.54) is 4.31 Å². The van der Waals surface area contributed by atoms with E-state index in [2.05, 4.69) is 0 Å². The zero-order valence-corrected chi connectivity index (χ0v) is 7.79. The van der Waals surface area contributed by atoms with Crippen LogP contribution in [0, 0.1) is 0 Å². The molecule has 1 fully saturated rings. The Hall–Kier alpha value is -0.170. The fourth-order valence-corrected chi connectivity index (χ4v) is 2.08. The van der Waals surface area contributed by atoms with Crippen LogP contribution in [0.25, 0.3) is 0 Å². The van der Waals surface area contributed by atoms with Gasteiger partial charge in [-0.3, -0.25) is 0 Å². The van der Waals surface area contributed by atoms with Gasteiger partial charge in [0.25, 0.3) is 0 Å². The van der Waals surface area contributed by atoms with Gasteiger partial charge < -0.3 is 10.8 Å². The fourth-order valence-electron chi connectivity index (χ4n) is 1.22. The summed E-state index contributed by atoms with van der Waals surface area (Å²) in [6, 6.07) is -0.289. The van der Waals surface area contributed by atoms with Crippen molar-refractivity contribution in [1.29, 1.82) is 0 Å². The van der Waals surface area contributed by atoms with Crippen molar-refractivity contribution in [3.63, 3.8) is 0 Å². The largest absolute Gasteiger partial charge is 0.390 e. The number of β-amino-alcohol motifs (C(OH)–C–C–N with tert-alkyl or cyclic N) is 1. The van der Waals surface area contributed by atoms with E-state index in [0.29, 0.717) is 13.0 Å². The Kier molecular flexibility index (Phi) is 2.72. The molecule has 12 heavy (non-hydrogen) atoms. The molecule has 0 aromatic carbocycles. The molecule has 0 bridgehead atoms. The van der Waals surface area contributed by atoms with Gasteiger partial charge in [-0.25, -0.2) is 8.42 Å². The quantitative estimate of drug-likeness (QED) is 0.523. The maximum absolute atomic E-state index is 11.0. The van der Waals surface area contributed by atoms with E-state index in [4.69, 9.17) is 5.73 Å². The topological polar surface area (TPSA) is 83.6 Å². The second-order valence-electron chi connectivity index (χ2n) is 3.14. The molecule has 1 saturated heterocycles. The Balaban J connectivity index is 2.64. The zero-order valence-electron chi connectivity index (χ0n) is 6.97. The monoisotopic (exact) mass is 194 g/mol. The van der Waals surface area contributed by atoms with E-state index in [0.717, 1.165) is 6.26 Å². The number of piperidine rings is 1. The minimum Gasteiger partial charge on any atom is -0.390 e. The van der Waals surface area contributed by atoms with Crippen LogP contribution in [0.1, 0.15) is 6.42 Å². The highest BCUT2D eigenvalue weighted by atomic mass is 32.2. The summed E-state index contributed by atoms with van der Waals surface area (Å²) in [4.78, 5) is 0. The van der Waals surface area contributed by atoms with Crippen LogP contribution in [0.4, 0.5) is 0 Å². The maximum Gasteiger partial charge on any atom is 0.211 e. The van der Waals surface area contributed by atoms with Gasteiger partial charge in [0.2, 0.25) is 10.0 Å². The average molecular weight is 194 g/mol. The highest BCUT2D eigenvalue weighted by Gasteiger charge is 2.29. The summed E-state index contributed by atoms with van der Waals surface area (Å²) in [6.45, 7) is 0.539. The summed E-state index contributed by atoms with van der Waals surface area (Å²) in [7, 11) is -3.16. The molecule has 0 aromatic rings. The lowest BCUT2D eigenvalue weighted by atomic mass is 10.1. The van der Waals surface area contributed by atoms with Crippen LogP contribution in [0.15, 0.2) is 0 Å². The summed E-state index contributed by atoms with van der Waals surface area (Å²) < 4.78 is 23.3. The number of aliphatic hydroxyl groups excluding tert-OH is 1. The van der Waals surface area contributed by atoms with Crippen LogP contribution >= 0.6 is 0 Å². The first-order valence-corrected chi connectivity index (χ1v) is 5.65. The molecule has 0 unspecified atom stereocenters. The third kappa shape index (κ3) is 2.16. The molecule has 1 rings (SSSR count). The molecule has 72 valence electrons. The van der Waals surface area contributed by atoms with Crippen LogP contribution in [0.2, 0.25) is 0 Å². The molecule has 0 saturated carbocycles. The summed E-state index contributed by atoms with van der Waals surface area (Å²) in [5, 5.41) is 9.28.